The topological polar surface area (TPSA) is 70.9 Å². The third-order valence-electron chi connectivity index (χ3n) is 5.24. The summed E-state index contributed by atoms with van der Waals surface area (Å²) >= 11 is 6.04. The van der Waals surface area contributed by atoms with E-state index in [1.807, 2.05) is 42.5 Å². The summed E-state index contributed by atoms with van der Waals surface area (Å²) in [6.07, 6.45) is 7.67. The molecular weight excluding hydrogens is 372 g/mol. The first kappa shape index (κ1) is 18.8. The van der Waals surface area contributed by atoms with Gasteiger partial charge in [-0.15, -0.1) is 0 Å². The number of aliphatic hydroxyl groups is 1. The lowest BCUT2D eigenvalue weighted by molar-refractivity contribution is 0.185. The molecule has 0 amide bonds. The van der Waals surface area contributed by atoms with E-state index in [4.69, 9.17) is 21.6 Å². The third-order valence-corrected chi connectivity index (χ3v) is 5.49. The van der Waals surface area contributed by atoms with Crippen LogP contribution in [-0.4, -0.2) is 32.7 Å². The molecule has 2 aromatic heterocycles. The Morgan fingerprint density at radius 1 is 1.00 bits per heavy atom. The van der Waals surface area contributed by atoms with Crippen molar-refractivity contribution in [1.29, 1.82) is 0 Å². The van der Waals surface area contributed by atoms with Crippen LogP contribution in [0.25, 0.3) is 22.6 Å². The van der Waals surface area contributed by atoms with Crippen molar-refractivity contribution in [1.82, 2.24) is 15.0 Å². The maximum absolute atomic E-state index is 9.36. The smallest absolute Gasteiger partial charge is 0.163 e. The molecule has 0 atom stereocenters. The van der Waals surface area contributed by atoms with Crippen molar-refractivity contribution in [3.63, 3.8) is 0 Å². The fraction of sp³-hybridized carbons (Fsp3) is 0.318. The Hall–Kier alpha value is -2.50. The van der Waals surface area contributed by atoms with Gasteiger partial charge in [0.05, 0.1) is 5.69 Å². The summed E-state index contributed by atoms with van der Waals surface area (Å²) in [4.78, 5) is 13.7. The molecule has 144 valence electrons. The number of halogens is 1. The highest BCUT2D eigenvalue weighted by Crippen LogP contribution is 2.29. The third kappa shape index (κ3) is 4.49. The molecule has 6 heteroatoms. The van der Waals surface area contributed by atoms with Crippen LogP contribution in [0.4, 0.5) is 5.82 Å². The molecule has 28 heavy (non-hydrogen) atoms. The van der Waals surface area contributed by atoms with Gasteiger partial charge in [-0.2, -0.15) is 0 Å². The van der Waals surface area contributed by atoms with Crippen molar-refractivity contribution in [2.45, 2.75) is 31.7 Å². The van der Waals surface area contributed by atoms with Crippen molar-refractivity contribution < 1.29 is 5.11 Å². The van der Waals surface area contributed by atoms with Gasteiger partial charge >= 0.3 is 0 Å². The largest absolute Gasteiger partial charge is 0.396 e. The number of hydrogen-bond acceptors (Lipinski definition) is 5. The lowest BCUT2D eigenvalue weighted by atomic mass is 9.86. The van der Waals surface area contributed by atoms with E-state index in [9.17, 15) is 5.11 Å². The van der Waals surface area contributed by atoms with Crippen LogP contribution >= 0.6 is 11.6 Å². The second kappa shape index (κ2) is 8.67. The first-order chi connectivity index (χ1) is 13.7. The number of hydrogen-bond donors (Lipinski definition) is 2. The van der Waals surface area contributed by atoms with Gasteiger partial charge < -0.3 is 10.4 Å². The minimum Gasteiger partial charge on any atom is -0.396 e. The number of anilines is 1. The molecule has 5 nitrogen and oxygen atoms in total. The van der Waals surface area contributed by atoms with Gasteiger partial charge in [-0.3, -0.25) is 4.98 Å². The van der Waals surface area contributed by atoms with Gasteiger partial charge in [0.2, 0.25) is 0 Å². The van der Waals surface area contributed by atoms with Crippen LogP contribution in [0.1, 0.15) is 25.7 Å². The molecule has 3 aromatic rings. The predicted molar refractivity (Wildman–Crippen MR) is 112 cm³/mol. The summed E-state index contributed by atoms with van der Waals surface area (Å²) in [6.45, 7) is 0.284. The number of aliphatic hydroxyl groups excluding tert-OH is 1. The number of benzene rings is 1. The molecule has 0 spiro atoms. The zero-order valence-electron chi connectivity index (χ0n) is 15.6. The van der Waals surface area contributed by atoms with Gasteiger partial charge in [0.25, 0.3) is 0 Å². The molecular formula is C22H23ClN4O. The van der Waals surface area contributed by atoms with Crippen LogP contribution in [-0.2, 0) is 0 Å². The zero-order chi connectivity index (χ0) is 19.3. The van der Waals surface area contributed by atoms with E-state index in [2.05, 4.69) is 10.3 Å². The molecule has 1 fully saturated rings. The van der Waals surface area contributed by atoms with Crippen LogP contribution < -0.4 is 5.32 Å². The molecule has 0 unspecified atom stereocenters. The lowest BCUT2D eigenvalue weighted by Gasteiger charge is -2.28. The first-order valence-electron chi connectivity index (χ1n) is 9.64. The molecule has 0 saturated heterocycles. The van der Waals surface area contributed by atoms with Gasteiger partial charge in [0.15, 0.2) is 5.82 Å². The normalized spacial score (nSPS) is 19.4. The average Bonchev–Trinajstić information content (AvgIpc) is 2.75. The van der Waals surface area contributed by atoms with Gasteiger partial charge in [-0.05, 0) is 55.9 Å². The molecule has 2 N–H and O–H groups in total. The van der Waals surface area contributed by atoms with Crippen molar-refractivity contribution >= 4 is 17.4 Å². The van der Waals surface area contributed by atoms with E-state index < -0.39 is 0 Å². The second-order valence-corrected chi connectivity index (χ2v) is 7.69. The Kier molecular flexibility index (Phi) is 5.84. The number of nitrogens with one attached hydrogen (secondary N) is 1. The second-order valence-electron chi connectivity index (χ2n) is 7.26. The lowest BCUT2D eigenvalue weighted by Crippen LogP contribution is -2.27. The zero-order valence-corrected chi connectivity index (χ0v) is 16.3. The predicted octanol–water partition coefficient (Wildman–Crippen LogP) is 4.82. The van der Waals surface area contributed by atoms with Crippen LogP contribution in [0.15, 0.2) is 54.9 Å². The molecule has 1 saturated carbocycles. The molecule has 1 aliphatic carbocycles. The van der Waals surface area contributed by atoms with Crippen molar-refractivity contribution in [3.8, 4) is 22.6 Å². The van der Waals surface area contributed by atoms with Crippen LogP contribution in [0.5, 0.6) is 0 Å². The van der Waals surface area contributed by atoms with Crippen LogP contribution in [0, 0.1) is 5.92 Å². The number of pyridine rings is 1. The summed E-state index contributed by atoms with van der Waals surface area (Å²) in [6, 6.07) is 13.9. The summed E-state index contributed by atoms with van der Waals surface area (Å²) in [5, 5.41) is 13.6. The molecule has 0 bridgehead atoms. The van der Waals surface area contributed by atoms with Gasteiger partial charge in [-0.25, -0.2) is 9.97 Å². The SMILES string of the molecule is OCC1CCC(Nc2cc(-c3ccc(Cl)cc3)nc(-c3cccnc3)n2)CC1. The van der Waals surface area contributed by atoms with Gasteiger partial charge in [0, 0.05) is 47.3 Å². The standard InChI is InChI=1S/C22H23ClN4O/c23-18-7-5-16(6-8-18)20-12-21(25-19-9-3-15(14-28)4-10-19)27-22(26-20)17-2-1-11-24-13-17/h1-2,5-8,11-13,15,19,28H,3-4,9-10,14H2,(H,25,26,27). The molecule has 1 aromatic carbocycles. The number of aromatic nitrogens is 3. The monoisotopic (exact) mass is 394 g/mol. The maximum Gasteiger partial charge on any atom is 0.163 e. The minimum atomic E-state index is 0.284. The molecule has 0 radical (unpaired) electrons. The highest BCUT2D eigenvalue weighted by atomic mass is 35.5. The molecule has 1 aliphatic rings. The van der Waals surface area contributed by atoms with E-state index in [-0.39, 0.29) is 6.61 Å². The highest BCUT2D eigenvalue weighted by molar-refractivity contribution is 6.30. The summed E-state index contributed by atoms with van der Waals surface area (Å²) in [7, 11) is 0. The quantitative estimate of drug-likeness (QED) is 0.649. The Balaban J connectivity index is 1.65. The summed E-state index contributed by atoms with van der Waals surface area (Å²) in [5.41, 5.74) is 2.71. The maximum atomic E-state index is 9.36. The van der Waals surface area contributed by atoms with E-state index in [0.717, 1.165) is 48.3 Å². The number of rotatable bonds is 5. The Morgan fingerprint density at radius 2 is 1.79 bits per heavy atom. The van der Waals surface area contributed by atoms with Crippen LogP contribution in [0.2, 0.25) is 5.02 Å². The first-order valence-corrected chi connectivity index (χ1v) is 10.0. The summed E-state index contributed by atoms with van der Waals surface area (Å²) in [5.74, 6) is 1.89. The minimum absolute atomic E-state index is 0.284. The Morgan fingerprint density at radius 3 is 2.46 bits per heavy atom. The fourth-order valence-corrected chi connectivity index (χ4v) is 3.74. The van der Waals surface area contributed by atoms with Crippen molar-refractivity contribution in [3.05, 3.63) is 59.9 Å². The molecule has 0 aliphatic heterocycles. The fourth-order valence-electron chi connectivity index (χ4n) is 3.61. The van der Waals surface area contributed by atoms with E-state index in [1.54, 1.807) is 12.4 Å². The van der Waals surface area contributed by atoms with Crippen molar-refractivity contribution in [2.75, 3.05) is 11.9 Å². The molecule has 2 heterocycles. The van der Waals surface area contributed by atoms with E-state index in [1.165, 1.54) is 0 Å². The van der Waals surface area contributed by atoms with Crippen molar-refractivity contribution in [2.24, 2.45) is 5.92 Å². The molecule has 4 rings (SSSR count). The van der Waals surface area contributed by atoms with E-state index in [0.29, 0.717) is 22.8 Å². The number of nitrogens with zero attached hydrogens (tertiary/aromatic N) is 3. The summed E-state index contributed by atoms with van der Waals surface area (Å²) < 4.78 is 0. The Bertz CT molecular complexity index is 910. The van der Waals surface area contributed by atoms with Gasteiger partial charge in [0.1, 0.15) is 5.82 Å². The van der Waals surface area contributed by atoms with Crippen LogP contribution in [0.3, 0.4) is 0 Å². The van der Waals surface area contributed by atoms with E-state index >= 15 is 0 Å². The average molecular weight is 395 g/mol. The highest BCUT2D eigenvalue weighted by Gasteiger charge is 2.21. The van der Waals surface area contributed by atoms with Gasteiger partial charge in [-0.1, -0.05) is 23.7 Å². The Labute approximate surface area is 169 Å².